The monoisotopic (exact) mass is 288 g/mol. The molecule has 0 bridgehead atoms. The van der Waals surface area contributed by atoms with E-state index in [-0.39, 0.29) is 19.8 Å². The van der Waals surface area contributed by atoms with Crippen molar-refractivity contribution >= 4 is 0 Å². The summed E-state index contributed by atoms with van der Waals surface area (Å²) in [6.07, 6.45) is -0.652. The fourth-order valence-corrected chi connectivity index (χ4v) is 2.21. The fraction of sp³-hybridized carbons (Fsp3) is 0.294. The van der Waals surface area contributed by atoms with E-state index in [4.69, 9.17) is 4.74 Å². The number of aliphatic hydroxyl groups is 3. The largest absolute Gasteiger partial charge is 0.485 e. The first kappa shape index (κ1) is 15.5. The minimum Gasteiger partial charge on any atom is -0.485 e. The first-order valence-corrected chi connectivity index (χ1v) is 6.85. The van der Waals surface area contributed by atoms with Crippen molar-refractivity contribution in [3.8, 4) is 5.75 Å². The van der Waals surface area contributed by atoms with Gasteiger partial charge in [0.1, 0.15) is 11.9 Å². The summed E-state index contributed by atoms with van der Waals surface area (Å²) < 4.78 is 5.96. The summed E-state index contributed by atoms with van der Waals surface area (Å²) in [5.41, 5.74) is -0.365. The van der Waals surface area contributed by atoms with Gasteiger partial charge in [-0.05, 0) is 17.7 Å². The van der Waals surface area contributed by atoms with Crippen LogP contribution in [0.5, 0.6) is 5.75 Å². The molecule has 0 saturated carbocycles. The van der Waals surface area contributed by atoms with Gasteiger partial charge < -0.3 is 20.1 Å². The second kappa shape index (κ2) is 7.22. The molecule has 0 spiro atoms. The average molecular weight is 288 g/mol. The van der Waals surface area contributed by atoms with Gasteiger partial charge in [0.2, 0.25) is 0 Å². The Morgan fingerprint density at radius 3 is 1.71 bits per heavy atom. The summed E-state index contributed by atoms with van der Waals surface area (Å²) in [4.78, 5) is 0. The first-order chi connectivity index (χ1) is 10.3. The SMILES string of the molecule is OCC(CO)(CO)C(Oc1ccccc1)c1ccccc1. The van der Waals surface area contributed by atoms with Crippen LogP contribution >= 0.6 is 0 Å². The molecule has 0 heterocycles. The van der Waals surface area contributed by atoms with E-state index >= 15 is 0 Å². The topological polar surface area (TPSA) is 69.9 Å². The van der Waals surface area contributed by atoms with Gasteiger partial charge in [0.05, 0.1) is 25.2 Å². The number of para-hydroxylation sites is 1. The van der Waals surface area contributed by atoms with Crippen molar-refractivity contribution in [1.29, 1.82) is 0 Å². The van der Waals surface area contributed by atoms with Crippen molar-refractivity contribution in [3.05, 3.63) is 66.2 Å². The minimum atomic E-state index is -1.16. The highest BCUT2D eigenvalue weighted by Gasteiger charge is 2.40. The Morgan fingerprint density at radius 1 is 0.762 bits per heavy atom. The maximum absolute atomic E-state index is 9.69. The molecule has 112 valence electrons. The van der Waals surface area contributed by atoms with Crippen LogP contribution in [0.4, 0.5) is 0 Å². The van der Waals surface area contributed by atoms with Crippen LogP contribution in [0.15, 0.2) is 60.7 Å². The van der Waals surface area contributed by atoms with Crippen LogP contribution in [-0.2, 0) is 0 Å². The van der Waals surface area contributed by atoms with Crippen molar-refractivity contribution in [2.24, 2.45) is 5.41 Å². The second-order valence-electron chi connectivity index (χ2n) is 5.06. The molecule has 0 aliphatic carbocycles. The van der Waals surface area contributed by atoms with E-state index in [9.17, 15) is 15.3 Å². The molecule has 21 heavy (non-hydrogen) atoms. The van der Waals surface area contributed by atoms with Gasteiger partial charge in [-0.25, -0.2) is 0 Å². The van der Waals surface area contributed by atoms with E-state index in [1.807, 2.05) is 48.5 Å². The van der Waals surface area contributed by atoms with Gasteiger partial charge in [0, 0.05) is 0 Å². The predicted octanol–water partition coefficient (Wildman–Crippen LogP) is 1.77. The Balaban J connectivity index is 2.39. The van der Waals surface area contributed by atoms with E-state index < -0.39 is 11.5 Å². The highest BCUT2D eigenvalue weighted by molar-refractivity contribution is 5.26. The van der Waals surface area contributed by atoms with Crippen LogP contribution in [0.2, 0.25) is 0 Å². The molecule has 1 atom stereocenters. The number of ether oxygens (including phenoxy) is 1. The number of hydrogen-bond acceptors (Lipinski definition) is 4. The molecule has 0 aliphatic heterocycles. The summed E-state index contributed by atoms with van der Waals surface area (Å²) in [6.45, 7) is -1.15. The van der Waals surface area contributed by atoms with Gasteiger partial charge in [-0.3, -0.25) is 0 Å². The van der Waals surface area contributed by atoms with Crippen molar-refractivity contribution in [2.45, 2.75) is 6.10 Å². The molecule has 0 fully saturated rings. The first-order valence-electron chi connectivity index (χ1n) is 6.85. The molecule has 0 aromatic heterocycles. The molecule has 0 saturated heterocycles. The number of hydrogen-bond donors (Lipinski definition) is 3. The van der Waals surface area contributed by atoms with E-state index in [2.05, 4.69) is 0 Å². The van der Waals surface area contributed by atoms with E-state index in [0.717, 1.165) is 5.56 Å². The molecule has 2 aromatic rings. The molecule has 2 aromatic carbocycles. The molecule has 2 rings (SSSR count). The summed E-state index contributed by atoms with van der Waals surface area (Å²) in [7, 11) is 0. The molecule has 4 heteroatoms. The third-order valence-electron chi connectivity index (χ3n) is 3.60. The van der Waals surface area contributed by atoms with Crippen LogP contribution in [0.3, 0.4) is 0 Å². The third-order valence-corrected chi connectivity index (χ3v) is 3.60. The summed E-state index contributed by atoms with van der Waals surface area (Å²) in [6, 6.07) is 18.4. The Hall–Kier alpha value is -1.88. The minimum absolute atomic E-state index is 0.383. The van der Waals surface area contributed by atoms with Crippen LogP contribution in [-0.4, -0.2) is 35.1 Å². The molecular weight excluding hydrogens is 268 g/mol. The highest BCUT2D eigenvalue weighted by Crippen LogP contribution is 2.37. The van der Waals surface area contributed by atoms with Crippen LogP contribution in [0.1, 0.15) is 11.7 Å². The van der Waals surface area contributed by atoms with Gasteiger partial charge >= 0.3 is 0 Å². The Morgan fingerprint density at radius 2 is 1.24 bits per heavy atom. The van der Waals surface area contributed by atoms with Crippen LogP contribution in [0, 0.1) is 5.41 Å². The standard InChI is InChI=1S/C17H20O4/c18-11-17(12-19,13-20)16(14-7-3-1-4-8-14)21-15-9-5-2-6-10-15/h1-10,16,18-20H,11-13H2. The maximum Gasteiger partial charge on any atom is 0.136 e. The summed E-state index contributed by atoms with van der Waals surface area (Å²) >= 11 is 0. The van der Waals surface area contributed by atoms with Crippen molar-refractivity contribution in [1.82, 2.24) is 0 Å². The summed E-state index contributed by atoms with van der Waals surface area (Å²) in [5.74, 6) is 0.617. The maximum atomic E-state index is 9.69. The molecule has 0 aliphatic rings. The van der Waals surface area contributed by atoms with E-state index in [0.29, 0.717) is 5.75 Å². The lowest BCUT2D eigenvalue weighted by molar-refractivity contribution is -0.0742. The van der Waals surface area contributed by atoms with Crippen LogP contribution in [0.25, 0.3) is 0 Å². The molecule has 0 radical (unpaired) electrons. The van der Waals surface area contributed by atoms with Gasteiger partial charge in [0.25, 0.3) is 0 Å². The lowest BCUT2D eigenvalue weighted by atomic mass is 9.80. The Kier molecular flexibility index (Phi) is 5.33. The number of aliphatic hydroxyl groups excluding tert-OH is 3. The molecule has 4 nitrogen and oxygen atoms in total. The van der Waals surface area contributed by atoms with Crippen molar-refractivity contribution in [3.63, 3.8) is 0 Å². The van der Waals surface area contributed by atoms with Crippen molar-refractivity contribution in [2.75, 3.05) is 19.8 Å². The van der Waals surface area contributed by atoms with Gasteiger partial charge in [-0.15, -0.1) is 0 Å². The quantitative estimate of drug-likeness (QED) is 0.726. The number of benzene rings is 2. The smallest absolute Gasteiger partial charge is 0.136 e. The Labute approximate surface area is 124 Å². The van der Waals surface area contributed by atoms with Gasteiger partial charge in [0.15, 0.2) is 0 Å². The molecular formula is C17H20O4. The molecule has 0 amide bonds. The predicted molar refractivity (Wildman–Crippen MR) is 79.9 cm³/mol. The second-order valence-corrected chi connectivity index (χ2v) is 5.06. The molecule has 3 N–H and O–H groups in total. The zero-order valence-corrected chi connectivity index (χ0v) is 11.7. The third kappa shape index (κ3) is 3.42. The van der Waals surface area contributed by atoms with Gasteiger partial charge in [-0.1, -0.05) is 48.5 Å². The fourth-order valence-electron chi connectivity index (χ4n) is 2.21. The van der Waals surface area contributed by atoms with E-state index in [1.54, 1.807) is 12.1 Å². The lowest BCUT2D eigenvalue weighted by Crippen LogP contribution is -2.42. The van der Waals surface area contributed by atoms with Crippen LogP contribution < -0.4 is 4.74 Å². The number of rotatable bonds is 7. The van der Waals surface area contributed by atoms with E-state index in [1.165, 1.54) is 0 Å². The van der Waals surface area contributed by atoms with Crippen molar-refractivity contribution < 1.29 is 20.1 Å². The average Bonchev–Trinajstić information content (AvgIpc) is 2.57. The summed E-state index contributed by atoms with van der Waals surface area (Å²) in [5, 5.41) is 29.1. The lowest BCUT2D eigenvalue weighted by Gasteiger charge is -2.36. The zero-order chi connectivity index (χ0) is 15.1. The highest BCUT2D eigenvalue weighted by atomic mass is 16.5. The Bertz CT molecular complexity index is 515. The molecule has 1 unspecified atom stereocenters. The van der Waals surface area contributed by atoms with Gasteiger partial charge in [-0.2, -0.15) is 0 Å². The zero-order valence-electron chi connectivity index (χ0n) is 11.7. The normalized spacial score (nSPS) is 12.9.